The molecule has 1 aliphatic rings. The number of rotatable bonds is 3. The van der Waals surface area contributed by atoms with Crippen molar-refractivity contribution >= 4 is 11.6 Å². The number of benzene rings is 1. The molecule has 0 radical (unpaired) electrons. The molecule has 1 nitrogen and oxygen atoms in total. The van der Waals surface area contributed by atoms with E-state index in [9.17, 15) is 0 Å². The Morgan fingerprint density at radius 3 is 2.79 bits per heavy atom. The average molecular weight is 277 g/mol. The van der Waals surface area contributed by atoms with E-state index in [2.05, 4.69) is 18.8 Å². The molecule has 0 unspecified atom stereocenters. The van der Waals surface area contributed by atoms with Gasteiger partial charge in [-0.3, -0.25) is 0 Å². The summed E-state index contributed by atoms with van der Waals surface area (Å²) in [6.07, 6.45) is 6.00. The number of hydrogen-bond acceptors (Lipinski definition) is 1. The molecule has 1 saturated carbocycles. The first-order valence-corrected chi connectivity index (χ1v) is 7.63. The van der Waals surface area contributed by atoms with E-state index in [0.29, 0.717) is 12.0 Å². The fourth-order valence-corrected chi connectivity index (χ4v) is 2.49. The first-order chi connectivity index (χ1) is 9.28. The first-order valence-electron chi connectivity index (χ1n) is 7.09. The maximum absolute atomic E-state index is 6.06. The van der Waals surface area contributed by atoms with Crippen molar-refractivity contribution in [3.05, 3.63) is 29.8 Å². The van der Waals surface area contributed by atoms with Gasteiger partial charge in [-0.05, 0) is 49.8 Å². The van der Waals surface area contributed by atoms with E-state index in [1.54, 1.807) is 0 Å². The minimum atomic E-state index is 0.377. The second kappa shape index (κ2) is 7.46. The summed E-state index contributed by atoms with van der Waals surface area (Å²) in [5, 5.41) is 0. The molecule has 0 amide bonds. The third-order valence-electron chi connectivity index (χ3n) is 3.55. The van der Waals surface area contributed by atoms with Crippen LogP contribution in [0.15, 0.2) is 24.3 Å². The fraction of sp³-hybridized carbons (Fsp3) is 0.529. The highest BCUT2D eigenvalue weighted by Crippen LogP contribution is 2.27. The summed E-state index contributed by atoms with van der Waals surface area (Å²) < 4.78 is 6.06. The smallest absolute Gasteiger partial charge is 0.120 e. The summed E-state index contributed by atoms with van der Waals surface area (Å²) in [5.41, 5.74) is 1.01. The highest BCUT2D eigenvalue weighted by atomic mass is 35.5. The maximum Gasteiger partial charge on any atom is 0.120 e. The lowest BCUT2D eigenvalue weighted by atomic mass is 9.89. The lowest BCUT2D eigenvalue weighted by molar-refractivity contribution is 0.135. The SMILES string of the molecule is CC1CCC(Oc2cccc(C#CCCCl)c2)CC1. The molecule has 2 rings (SSSR count). The van der Waals surface area contributed by atoms with Gasteiger partial charge in [0.25, 0.3) is 0 Å². The minimum absolute atomic E-state index is 0.377. The van der Waals surface area contributed by atoms with Crippen molar-refractivity contribution in [2.24, 2.45) is 5.92 Å². The van der Waals surface area contributed by atoms with Gasteiger partial charge >= 0.3 is 0 Å². The summed E-state index contributed by atoms with van der Waals surface area (Å²) in [4.78, 5) is 0. The van der Waals surface area contributed by atoms with Crippen molar-refractivity contribution in [1.82, 2.24) is 0 Å². The van der Waals surface area contributed by atoms with Crippen LogP contribution in [0.3, 0.4) is 0 Å². The molecule has 1 aromatic carbocycles. The Labute approximate surface area is 121 Å². The van der Waals surface area contributed by atoms with Gasteiger partial charge in [0.1, 0.15) is 5.75 Å². The van der Waals surface area contributed by atoms with E-state index >= 15 is 0 Å². The quantitative estimate of drug-likeness (QED) is 0.578. The number of ether oxygens (including phenoxy) is 1. The van der Waals surface area contributed by atoms with Crippen LogP contribution in [-0.4, -0.2) is 12.0 Å². The van der Waals surface area contributed by atoms with Crippen LogP contribution in [0.1, 0.15) is 44.6 Å². The van der Waals surface area contributed by atoms with E-state index < -0.39 is 0 Å². The van der Waals surface area contributed by atoms with Crippen LogP contribution in [0.4, 0.5) is 0 Å². The van der Waals surface area contributed by atoms with Crippen molar-refractivity contribution in [1.29, 1.82) is 0 Å². The Kier molecular flexibility index (Phi) is 5.61. The summed E-state index contributed by atoms with van der Waals surface area (Å²) >= 11 is 5.61. The molecule has 1 aliphatic carbocycles. The summed E-state index contributed by atoms with van der Waals surface area (Å²) in [6, 6.07) is 8.06. The van der Waals surface area contributed by atoms with Gasteiger partial charge in [-0.2, -0.15) is 0 Å². The van der Waals surface area contributed by atoms with Crippen molar-refractivity contribution in [2.45, 2.75) is 45.1 Å². The molecule has 19 heavy (non-hydrogen) atoms. The molecular formula is C17H21ClO. The number of alkyl halides is 1. The zero-order valence-electron chi connectivity index (χ0n) is 11.5. The van der Waals surface area contributed by atoms with E-state index in [1.807, 2.05) is 24.3 Å². The van der Waals surface area contributed by atoms with Gasteiger partial charge in [-0.1, -0.05) is 24.8 Å². The van der Waals surface area contributed by atoms with Crippen LogP contribution in [0, 0.1) is 17.8 Å². The molecule has 2 heteroatoms. The second-order valence-corrected chi connectivity index (χ2v) is 5.65. The largest absolute Gasteiger partial charge is 0.490 e. The lowest BCUT2D eigenvalue weighted by Gasteiger charge is -2.26. The molecule has 102 valence electrons. The standard InChI is InChI=1S/C17H21ClO/c1-14-8-10-16(11-9-14)19-17-7-4-6-15(13-17)5-2-3-12-18/h4,6-7,13-14,16H,3,8-12H2,1H3. The van der Waals surface area contributed by atoms with Gasteiger partial charge in [0.2, 0.25) is 0 Å². The fourth-order valence-electron chi connectivity index (χ4n) is 2.40. The van der Waals surface area contributed by atoms with Crippen LogP contribution in [0.2, 0.25) is 0 Å². The Balaban J connectivity index is 1.94. The van der Waals surface area contributed by atoms with E-state index in [4.69, 9.17) is 16.3 Å². The Bertz CT molecular complexity index is 450. The molecule has 1 aromatic rings. The average Bonchev–Trinajstić information content (AvgIpc) is 2.42. The van der Waals surface area contributed by atoms with Crippen LogP contribution in [0.5, 0.6) is 5.75 Å². The van der Waals surface area contributed by atoms with Gasteiger partial charge in [-0.15, -0.1) is 11.6 Å². The Morgan fingerprint density at radius 2 is 2.05 bits per heavy atom. The summed E-state index contributed by atoms with van der Waals surface area (Å²) in [6.45, 7) is 2.32. The molecule has 1 fully saturated rings. The van der Waals surface area contributed by atoms with E-state index in [0.717, 1.165) is 23.7 Å². The second-order valence-electron chi connectivity index (χ2n) is 5.27. The Hall–Kier alpha value is -1.13. The molecule has 0 aliphatic heterocycles. The predicted octanol–water partition coefficient (Wildman–Crippen LogP) is 4.62. The zero-order valence-corrected chi connectivity index (χ0v) is 12.2. The monoisotopic (exact) mass is 276 g/mol. The molecular weight excluding hydrogens is 256 g/mol. The molecule has 0 bridgehead atoms. The van der Waals surface area contributed by atoms with Crippen LogP contribution < -0.4 is 4.74 Å². The highest BCUT2D eigenvalue weighted by Gasteiger charge is 2.19. The van der Waals surface area contributed by atoms with Gasteiger partial charge in [0.15, 0.2) is 0 Å². The summed E-state index contributed by atoms with van der Waals surface area (Å²) in [7, 11) is 0. The van der Waals surface area contributed by atoms with Gasteiger partial charge in [-0.25, -0.2) is 0 Å². The van der Waals surface area contributed by atoms with Crippen molar-refractivity contribution in [3.8, 4) is 17.6 Å². The van der Waals surface area contributed by atoms with Crippen molar-refractivity contribution < 1.29 is 4.74 Å². The molecule has 0 aromatic heterocycles. The van der Waals surface area contributed by atoms with Crippen molar-refractivity contribution in [3.63, 3.8) is 0 Å². The van der Waals surface area contributed by atoms with E-state index in [-0.39, 0.29) is 0 Å². The lowest BCUT2D eigenvalue weighted by Crippen LogP contribution is -2.22. The van der Waals surface area contributed by atoms with Gasteiger partial charge < -0.3 is 4.74 Å². The number of halogens is 1. The predicted molar refractivity (Wildman–Crippen MR) is 80.7 cm³/mol. The molecule has 0 saturated heterocycles. The summed E-state index contributed by atoms with van der Waals surface area (Å²) in [5.74, 6) is 8.55. The van der Waals surface area contributed by atoms with E-state index in [1.165, 1.54) is 25.7 Å². The first kappa shape index (κ1) is 14.3. The van der Waals surface area contributed by atoms with Crippen molar-refractivity contribution in [2.75, 3.05) is 5.88 Å². The third kappa shape index (κ3) is 4.80. The molecule has 0 spiro atoms. The molecule has 0 heterocycles. The van der Waals surface area contributed by atoms with Crippen LogP contribution in [-0.2, 0) is 0 Å². The van der Waals surface area contributed by atoms with Gasteiger partial charge in [0, 0.05) is 17.9 Å². The highest BCUT2D eigenvalue weighted by molar-refractivity contribution is 6.18. The minimum Gasteiger partial charge on any atom is -0.490 e. The Morgan fingerprint density at radius 1 is 1.26 bits per heavy atom. The van der Waals surface area contributed by atoms with Gasteiger partial charge in [0.05, 0.1) is 6.10 Å². The third-order valence-corrected chi connectivity index (χ3v) is 3.74. The van der Waals surface area contributed by atoms with Crippen LogP contribution in [0.25, 0.3) is 0 Å². The molecule has 0 N–H and O–H groups in total. The number of hydrogen-bond donors (Lipinski definition) is 0. The van der Waals surface area contributed by atoms with Crippen LogP contribution >= 0.6 is 11.6 Å². The topological polar surface area (TPSA) is 9.23 Å². The molecule has 0 atom stereocenters. The zero-order chi connectivity index (χ0) is 13.5. The normalized spacial score (nSPS) is 22.4. The maximum atomic E-state index is 6.06.